The van der Waals surface area contributed by atoms with Crippen LogP contribution in [0.2, 0.25) is 0 Å². The molecule has 0 aromatic carbocycles. The molecule has 0 atom stereocenters. The fourth-order valence-electron chi connectivity index (χ4n) is 4.99. The molecule has 0 radical (unpaired) electrons. The van der Waals surface area contributed by atoms with Crippen LogP contribution in [0.3, 0.4) is 0 Å². The molecule has 5 rings (SSSR count). The lowest BCUT2D eigenvalue weighted by atomic mass is 9.54. The largest absolute Gasteiger partial charge is 0.371 e. The van der Waals surface area contributed by atoms with Crippen molar-refractivity contribution in [1.29, 1.82) is 0 Å². The van der Waals surface area contributed by atoms with Crippen molar-refractivity contribution in [3.63, 3.8) is 0 Å². The Hall–Kier alpha value is -0.570. The summed E-state index contributed by atoms with van der Waals surface area (Å²) in [6.07, 6.45) is 9.50. The van der Waals surface area contributed by atoms with E-state index in [1.165, 1.54) is 44.9 Å². The monoisotopic (exact) mass is 263 g/mol. The topological polar surface area (TPSA) is 38.3 Å². The van der Waals surface area contributed by atoms with E-state index in [-0.39, 0.29) is 12.5 Å². The van der Waals surface area contributed by atoms with Crippen LogP contribution in [0.1, 0.15) is 44.9 Å². The summed E-state index contributed by atoms with van der Waals surface area (Å²) in [7, 11) is 0. The van der Waals surface area contributed by atoms with E-state index in [2.05, 4.69) is 5.32 Å². The Balaban J connectivity index is 1.28. The van der Waals surface area contributed by atoms with Gasteiger partial charge in [0, 0.05) is 6.04 Å². The van der Waals surface area contributed by atoms with Crippen molar-refractivity contribution < 1.29 is 9.53 Å². The molecule has 5 saturated carbocycles. The Morgan fingerprint density at radius 3 is 2.21 bits per heavy atom. The van der Waals surface area contributed by atoms with Gasteiger partial charge in [-0.25, -0.2) is 0 Å². The van der Waals surface area contributed by atoms with E-state index < -0.39 is 0 Å². The molecule has 4 bridgehead atoms. The fourth-order valence-corrected chi connectivity index (χ4v) is 4.99. The second kappa shape index (κ2) is 4.76. The molecule has 1 amide bonds. The molecule has 0 aliphatic heterocycles. The van der Waals surface area contributed by atoms with Gasteiger partial charge in [-0.1, -0.05) is 0 Å². The number of carbonyl (C=O) groups excluding carboxylic acids is 1. The summed E-state index contributed by atoms with van der Waals surface area (Å²) in [5.41, 5.74) is 0. The summed E-state index contributed by atoms with van der Waals surface area (Å²) in [5.74, 6) is 4.35. The average molecular weight is 263 g/mol. The van der Waals surface area contributed by atoms with Crippen LogP contribution in [-0.2, 0) is 9.53 Å². The average Bonchev–Trinajstić information content (AvgIpc) is 3.17. The number of nitrogens with one attached hydrogen (secondary N) is 1. The zero-order valence-corrected chi connectivity index (χ0v) is 11.6. The molecule has 5 fully saturated rings. The Bertz CT molecular complexity index is 336. The summed E-state index contributed by atoms with van der Waals surface area (Å²) in [6.45, 7) is 1.06. The molecule has 5 aliphatic carbocycles. The van der Waals surface area contributed by atoms with E-state index in [1.54, 1.807) is 0 Å². The Labute approximate surface area is 115 Å². The standard InChI is InChI=1S/C16H25NO2/c18-15(9-19-8-10-1-2-10)17-16-13-4-11-3-12(6-13)7-14(16)5-11/h10-14,16H,1-9H2,(H,17,18). The van der Waals surface area contributed by atoms with Gasteiger partial charge in [-0.15, -0.1) is 0 Å². The molecule has 0 saturated heterocycles. The van der Waals surface area contributed by atoms with Crippen molar-refractivity contribution in [3.05, 3.63) is 0 Å². The summed E-state index contributed by atoms with van der Waals surface area (Å²) in [6, 6.07) is 0.463. The molecule has 5 aliphatic rings. The highest BCUT2D eigenvalue weighted by Crippen LogP contribution is 2.53. The third-order valence-corrected chi connectivity index (χ3v) is 5.84. The molecular formula is C16H25NO2. The first-order valence-corrected chi connectivity index (χ1v) is 8.15. The smallest absolute Gasteiger partial charge is 0.246 e. The Kier molecular flexibility index (Phi) is 3.06. The minimum atomic E-state index is 0.123. The fraction of sp³-hybridized carbons (Fsp3) is 0.938. The van der Waals surface area contributed by atoms with Crippen LogP contribution in [0, 0.1) is 29.6 Å². The molecule has 3 heteroatoms. The van der Waals surface area contributed by atoms with E-state index in [0.29, 0.717) is 6.04 Å². The summed E-state index contributed by atoms with van der Waals surface area (Å²) < 4.78 is 5.50. The molecule has 1 N–H and O–H groups in total. The van der Waals surface area contributed by atoms with Crippen molar-refractivity contribution in [2.75, 3.05) is 13.2 Å². The van der Waals surface area contributed by atoms with Gasteiger partial charge in [-0.2, -0.15) is 0 Å². The highest BCUT2D eigenvalue weighted by molar-refractivity contribution is 5.77. The highest BCUT2D eigenvalue weighted by Gasteiger charge is 2.48. The van der Waals surface area contributed by atoms with Gasteiger partial charge in [0.15, 0.2) is 0 Å². The van der Waals surface area contributed by atoms with Crippen molar-refractivity contribution in [2.24, 2.45) is 29.6 Å². The van der Waals surface area contributed by atoms with Crippen molar-refractivity contribution in [3.8, 4) is 0 Å². The number of rotatable bonds is 5. The number of hydrogen-bond acceptors (Lipinski definition) is 2. The zero-order valence-electron chi connectivity index (χ0n) is 11.6. The van der Waals surface area contributed by atoms with Gasteiger partial charge in [-0.3, -0.25) is 4.79 Å². The molecule has 0 aromatic rings. The second-order valence-corrected chi connectivity index (χ2v) is 7.48. The first kappa shape index (κ1) is 12.2. The van der Waals surface area contributed by atoms with Gasteiger partial charge in [-0.05, 0) is 74.5 Å². The molecule has 106 valence electrons. The van der Waals surface area contributed by atoms with Crippen LogP contribution in [-0.4, -0.2) is 25.2 Å². The maximum atomic E-state index is 12.0. The number of ether oxygens (including phenoxy) is 1. The molecular weight excluding hydrogens is 238 g/mol. The number of amides is 1. The van der Waals surface area contributed by atoms with Gasteiger partial charge in [0.1, 0.15) is 6.61 Å². The minimum Gasteiger partial charge on any atom is -0.371 e. The molecule has 3 nitrogen and oxygen atoms in total. The maximum absolute atomic E-state index is 12.0. The first-order chi connectivity index (χ1) is 9.28. The normalized spacial score (nSPS) is 43.5. The van der Waals surface area contributed by atoms with Crippen LogP contribution in [0.4, 0.5) is 0 Å². The van der Waals surface area contributed by atoms with Crippen LogP contribution in [0.25, 0.3) is 0 Å². The van der Waals surface area contributed by atoms with Gasteiger partial charge >= 0.3 is 0 Å². The predicted octanol–water partition coefficient (Wildman–Crippen LogP) is 2.35. The Morgan fingerprint density at radius 2 is 1.63 bits per heavy atom. The van der Waals surface area contributed by atoms with Gasteiger partial charge < -0.3 is 10.1 Å². The van der Waals surface area contributed by atoms with Crippen LogP contribution >= 0.6 is 0 Å². The summed E-state index contributed by atoms with van der Waals surface area (Å²) >= 11 is 0. The van der Waals surface area contributed by atoms with Crippen LogP contribution < -0.4 is 5.32 Å². The van der Waals surface area contributed by atoms with Gasteiger partial charge in [0.25, 0.3) is 0 Å². The summed E-state index contributed by atoms with van der Waals surface area (Å²) in [4.78, 5) is 12.0. The lowest BCUT2D eigenvalue weighted by Gasteiger charge is -2.54. The summed E-state index contributed by atoms with van der Waals surface area (Å²) in [5, 5.41) is 3.29. The van der Waals surface area contributed by atoms with Gasteiger partial charge in [0.2, 0.25) is 5.91 Å². The quantitative estimate of drug-likeness (QED) is 0.827. The zero-order chi connectivity index (χ0) is 12.8. The Morgan fingerprint density at radius 1 is 1.00 bits per heavy atom. The number of carbonyl (C=O) groups is 1. The van der Waals surface area contributed by atoms with E-state index in [0.717, 1.165) is 36.2 Å². The predicted molar refractivity (Wildman–Crippen MR) is 72.5 cm³/mol. The molecule has 0 aromatic heterocycles. The molecule has 0 spiro atoms. The highest BCUT2D eigenvalue weighted by atomic mass is 16.5. The second-order valence-electron chi connectivity index (χ2n) is 7.48. The number of hydrogen-bond donors (Lipinski definition) is 1. The van der Waals surface area contributed by atoms with E-state index in [4.69, 9.17) is 4.74 Å². The van der Waals surface area contributed by atoms with Crippen molar-refractivity contribution in [2.45, 2.75) is 51.0 Å². The van der Waals surface area contributed by atoms with Gasteiger partial charge in [0.05, 0.1) is 6.61 Å². The SMILES string of the molecule is O=C(COCC1CC1)NC1C2CC3CC(C2)CC1C3. The molecule has 19 heavy (non-hydrogen) atoms. The van der Waals surface area contributed by atoms with Crippen molar-refractivity contribution >= 4 is 5.91 Å². The van der Waals surface area contributed by atoms with Crippen LogP contribution in [0.15, 0.2) is 0 Å². The lowest BCUT2D eigenvalue weighted by Crippen LogP contribution is -2.56. The first-order valence-electron chi connectivity index (χ1n) is 8.15. The van der Waals surface area contributed by atoms with E-state index in [1.807, 2.05) is 0 Å². The third-order valence-electron chi connectivity index (χ3n) is 5.84. The minimum absolute atomic E-state index is 0.123. The van der Waals surface area contributed by atoms with E-state index in [9.17, 15) is 4.79 Å². The van der Waals surface area contributed by atoms with Crippen LogP contribution in [0.5, 0.6) is 0 Å². The third kappa shape index (κ3) is 2.54. The molecule has 0 unspecified atom stereocenters. The maximum Gasteiger partial charge on any atom is 0.246 e. The van der Waals surface area contributed by atoms with E-state index >= 15 is 0 Å². The van der Waals surface area contributed by atoms with Crippen molar-refractivity contribution in [1.82, 2.24) is 5.32 Å². The lowest BCUT2D eigenvalue weighted by molar-refractivity contribution is -0.129. The molecule has 0 heterocycles.